The fourth-order valence-corrected chi connectivity index (χ4v) is 4.97. The maximum atomic E-state index is 13.1. The zero-order valence-electron chi connectivity index (χ0n) is 21.7. The van der Waals surface area contributed by atoms with Crippen LogP contribution in [0.2, 0.25) is 0 Å². The zero-order chi connectivity index (χ0) is 27.4. The predicted molar refractivity (Wildman–Crippen MR) is 146 cm³/mol. The van der Waals surface area contributed by atoms with Crippen LogP contribution in [0.25, 0.3) is 11.1 Å². The summed E-state index contributed by atoms with van der Waals surface area (Å²) in [6, 6.07) is 26.0. The lowest BCUT2D eigenvalue weighted by atomic mass is 9.98. The smallest absolute Gasteiger partial charge is 0.407 e. The van der Waals surface area contributed by atoms with Crippen LogP contribution in [0.15, 0.2) is 89.3 Å². The van der Waals surface area contributed by atoms with Gasteiger partial charge in [-0.1, -0.05) is 78.9 Å². The van der Waals surface area contributed by atoms with Crippen molar-refractivity contribution in [1.82, 2.24) is 16.2 Å². The van der Waals surface area contributed by atoms with Crippen molar-refractivity contribution in [2.75, 3.05) is 6.61 Å². The summed E-state index contributed by atoms with van der Waals surface area (Å²) >= 11 is 0. The highest BCUT2D eigenvalue weighted by molar-refractivity contribution is 5.97. The molecular weight excluding hydrogens is 494 g/mol. The molecule has 0 fully saturated rings. The van der Waals surface area contributed by atoms with Gasteiger partial charge in [0.15, 0.2) is 0 Å². The van der Waals surface area contributed by atoms with Gasteiger partial charge in [-0.15, -0.1) is 0 Å². The van der Waals surface area contributed by atoms with Crippen molar-refractivity contribution in [3.05, 3.63) is 119 Å². The van der Waals surface area contributed by atoms with Crippen molar-refractivity contribution in [3.8, 4) is 11.1 Å². The highest BCUT2D eigenvalue weighted by Crippen LogP contribution is 2.44. The number of carbonyl (C=O) groups excluding carboxylic acids is 3. The van der Waals surface area contributed by atoms with Gasteiger partial charge >= 0.3 is 6.09 Å². The second-order valence-corrected chi connectivity index (χ2v) is 9.48. The quantitative estimate of drug-likeness (QED) is 0.301. The van der Waals surface area contributed by atoms with Gasteiger partial charge < -0.3 is 14.5 Å². The Bertz CT molecular complexity index is 1470. The van der Waals surface area contributed by atoms with Gasteiger partial charge in [0, 0.05) is 12.3 Å². The Labute approximate surface area is 226 Å². The summed E-state index contributed by atoms with van der Waals surface area (Å²) in [6.07, 6.45) is -0.517. The molecular formula is C31H29N3O5. The summed E-state index contributed by atoms with van der Waals surface area (Å²) in [5, 5.41) is 2.67. The number of rotatable bonds is 7. The Hall–Kier alpha value is -4.85. The molecule has 3 aromatic carbocycles. The predicted octanol–water partition coefficient (Wildman–Crippen LogP) is 4.81. The molecule has 198 valence electrons. The van der Waals surface area contributed by atoms with Crippen molar-refractivity contribution < 1.29 is 23.5 Å². The fraction of sp³-hybridized carbons (Fsp3) is 0.194. The molecule has 8 heteroatoms. The molecule has 3 N–H and O–H groups in total. The fourth-order valence-electron chi connectivity index (χ4n) is 4.97. The van der Waals surface area contributed by atoms with Crippen LogP contribution in [0, 0.1) is 13.8 Å². The summed E-state index contributed by atoms with van der Waals surface area (Å²) in [5.74, 6) is -0.180. The number of alkyl carbamates (subject to hydrolysis) is 1. The van der Waals surface area contributed by atoms with Gasteiger partial charge in [-0.05, 0) is 47.7 Å². The van der Waals surface area contributed by atoms with Crippen LogP contribution in [0.4, 0.5) is 4.79 Å². The van der Waals surface area contributed by atoms with Crippen LogP contribution in [0.3, 0.4) is 0 Å². The third-order valence-corrected chi connectivity index (χ3v) is 6.82. The second kappa shape index (κ2) is 11.3. The summed E-state index contributed by atoms with van der Waals surface area (Å²) < 4.78 is 11.0. The van der Waals surface area contributed by atoms with Gasteiger partial charge in [0.25, 0.3) is 11.8 Å². The lowest BCUT2D eigenvalue weighted by Crippen LogP contribution is -2.53. The molecule has 4 aromatic rings. The van der Waals surface area contributed by atoms with Crippen molar-refractivity contribution >= 4 is 17.9 Å². The first-order valence-corrected chi connectivity index (χ1v) is 12.7. The van der Waals surface area contributed by atoms with E-state index in [-0.39, 0.29) is 18.9 Å². The molecule has 0 saturated carbocycles. The van der Waals surface area contributed by atoms with E-state index in [0.29, 0.717) is 17.1 Å². The van der Waals surface area contributed by atoms with Crippen LogP contribution >= 0.6 is 0 Å². The highest BCUT2D eigenvalue weighted by Gasteiger charge is 2.30. The minimum Gasteiger partial charge on any atom is -0.466 e. The number of hydrazine groups is 1. The molecule has 3 amide bonds. The number of hydrogen-bond acceptors (Lipinski definition) is 5. The van der Waals surface area contributed by atoms with Gasteiger partial charge in [-0.3, -0.25) is 20.4 Å². The molecule has 8 nitrogen and oxygen atoms in total. The van der Waals surface area contributed by atoms with Crippen molar-refractivity contribution in [2.24, 2.45) is 0 Å². The molecule has 0 aliphatic heterocycles. The summed E-state index contributed by atoms with van der Waals surface area (Å²) in [5.41, 5.74) is 10.4. The first-order chi connectivity index (χ1) is 18.9. The van der Waals surface area contributed by atoms with Crippen molar-refractivity contribution in [1.29, 1.82) is 0 Å². The molecule has 1 aromatic heterocycles. The summed E-state index contributed by atoms with van der Waals surface area (Å²) in [7, 11) is 0. The third kappa shape index (κ3) is 5.70. The molecule has 1 heterocycles. The SMILES string of the molecule is Cc1cc(C(=O)NNC(=O)[C@H](Cc2ccccc2)NC(=O)OCC2c3ccccc3-c3ccccc32)c(C)o1. The number of carbonyl (C=O) groups is 3. The summed E-state index contributed by atoms with van der Waals surface area (Å²) in [4.78, 5) is 38.5. The van der Waals surface area contributed by atoms with Gasteiger partial charge in [0.2, 0.25) is 0 Å². The van der Waals surface area contributed by atoms with Gasteiger partial charge in [-0.2, -0.15) is 0 Å². The third-order valence-electron chi connectivity index (χ3n) is 6.82. The van der Waals surface area contributed by atoms with Crippen LogP contribution in [-0.2, 0) is 16.0 Å². The number of furan rings is 1. The minimum atomic E-state index is -0.990. The average molecular weight is 524 g/mol. The molecule has 5 rings (SSSR count). The van der Waals surface area contributed by atoms with E-state index in [1.165, 1.54) is 0 Å². The van der Waals surface area contributed by atoms with Gasteiger partial charge in [0.1, 0.15) is 24.2 Å². The molecule has 0 bridgehead atoms. The topological polar surface area (TPSA) is 110 Å². The number of benzene rings is 3. The molecule has 0 spiro atoms. The van der Waals surface area contributed by atoms with Crippen LogP contribution in [-0.4, -0.2) is 30.6 Å². The largest absolute Gasteiger partial charge is 0.466 e. The minimum absolute atomic E-state index is 0.106. The number of nitrogens with one attached hydrogen (secondary N) is 3. The highest BCUT2D eigenvalue weighted by atomic mass is 16.5. The van der Waals surface area contributed by atoms with E-state index in [1.54, 1.807) is 19.9 Å². The zero-order valence-corrected chi connectivity index (χ0v) is 21.7. The number of ether oxygens (including phenoxy) is 1. The van der Waals surface area contributed by atoms with Gasteiger partial charge in [0.05, 0.1) is 5.56 Å². The first kappa shape index (κ1) is 25.8. The Morgan fingerprint density at radius 2 is 1.46 bits per heavy atom. The summed E-state index contributed by atoms with van der Waals surface area (Å²) in [6.45, 7) is 3.52. The molecule has 1 atom stereocenters. The Morgan fingerprint density at radius 1 is 0.846 bits per heavy atom. The molecule has 1 aliphatic carbocycles. The Balaban J connectivity index is 1.25. The van der Waals surface area contributed by atoms with E-state index >= 15 is 0 Å². The Kier molecular flexibility index (Phi) is 7.45. The van der Waals surface area contributed by atoms with E-state index < -0.39 is 23.9 Å². The number of fused-ring (bicyclic) bond motifs is 3. The van der Waals surface area contributed by atoms with E-state index in [9.17, 15) is 14.4 Å². The maximum absolute atomic E-state index is 13.1. The average Bonchev–Trinajstić information content (AvgIpc) is 3.46. The molecule has 1 aliphatic rings. The van der Waals surface area contributed by atoms with Crippen molar-refractivity contribution in [2.45, 2.75) is 32.2 Å². The van der Waals surface area contributed by atoms with E-state index in [0.717, 1.165) is 27.8 Å². The van der Waals surface area contributed by atoms with Gasteiger partial charge in [-0.25, -0.2) is 4.79 Å². The number of aryl methyl sites for hydroxylation is 2. The van der Waals surface area contributed by atoms with Crippen molar-refractivity contribution in [3.63, 3.8) is 0 Å². The lowest BCUT2D eigenvalue weighted by Gasteiger charge is -2.20. The van der Waals surface area contributed by atoms with E-state index in [2.05, 4.69) is 28.3 Å². The molecule has 0 radical (unpaired) electrons. The molecule has 0 unspecified atom stereocenters. The maximum Gasteiger partial charge on any atom is 0.407 e. The van der Waals surface area contributed by atoms with E-state index in [1.807, 2.05) is 66.7 Å². The normalized spacial score (nSPS) is 12.7. The number of amides is 3. The Morgan fingerprint density at radius 3 is 2.08 bits per heavy atom. The monoisotopic (exact) mass is 523 g/mol. The standard InChI is InChI=1S/C31H29N3O5/c1-19-16-26(20(2)39-19)29(35)33-34-30(36)28(17-21-10-4-3-5-11-21)32-31(37)38-18-27-24-14-8-6-12-22(24)23-13-7-9-15-25(23)27/h3-16,27-28H,17-18H2,1-2H3,(H,32,37)(H,33,35)(H,34,36)/t28-/m0/s1. The van der Waals surface area contributed by atoms with Crippen LogP contribution in [0.5, 0.6) is 0 Å². The van der Waals surface area contributed by atoms with Crippen LogP contribution < -0.4 is 16.2 Å². The first-order valence-electron chi connectivity index (χ1n) is 12.7. The second-order valence-electron chi connectivity index (χ2n) is 9.48. The van der Waals surface area contributed by atoms with Crippen LogP contribution in [0.1, 0.15) is 44.5 Å². The lowest BCUT2D eigenvalue weighted by molar-refractivity contribution is -0.123. The molecule has 0 saturated heterocycles. The molecule has 39 heavy (non-hydrogen) atoms. The van der Waals surface area contributed by atoms with E-state index in [4.69, 9.17) is 9.15 Å². The number of hydrogen-bond donors (Lipinski definition) is 3.